The van der Waals surface area contributed by atoms with Gasteiger partial charge >= 0.3 is 0 Å². The van der Waals surface area contributed by atoms with Gasteiger partial charge in [0.05, 0.1) is 29.6 Å². The first-order valence-electron chi connectivity index (χ1n) is 12.8. The number of rotatable bonds is 9. The van der Waals surface area contributed by atoms with Gasteiger partial charge in [0.15, 0.2) is 0 Å². The van der Waals surface area contributed by atoms with Crippen LogP contribution < -0.4 is 4.74 Å². The zero-order valence-electron chi connectivity index (χ0n) is 21.1. The number of hydrogen-bond acceptors (Lipinski definition) is 4. The van der Waals surface area contributed by atoms with Crippen molar-refractivity contribution >= 4 is 17.5 Å². The van der Waals surface area contributed by atoms with Gasteiger partial charge in [0, 0.05) is 23.7 Å². The van der Waals surface area contributed by atoms with E-state index in [0.717, 1.165) is 29.8 Å². The fourth-order valence-electron chi connectivity index (χ4n) is 4.60. The highest BCUT2D eigenvalue weighted by molar-refractivity contribution is 6.30. The first-order valence-corrected chi connectivity index (χ1v) is 13.2. The first-order chi connectivity index (χ1) is 18.5. The summed E-state index contributed by atoms with van der Waals surface area (Å²) in [5.74, 6) is 0.488. The van der Waals surface area contributed by atoms with Crippen LogP contribution >= 0.6 is 11.6 Å². The topological polar surface area (TPSA) is 56.6 Å². The van der Waals surface area contributed by atoms with Crippen molar-refractivity contribution in [2.75, 3.05) is 13.2 Å². The molecule has 1 aliphatic rings. The number of aromatic nitrogens is 2. The standard InChI is InChI=1S/C30H29ClFN3O3/c1-2-28-27(20-34(19-26-9-6-18-37-26)29(36)21-10-12-22(31)13-11-21)30(38-25-16-14-23(32)15-17-25)35(33-28)24-7-4-3-5-8-24/h3-5,7-8,10-17,26H,2,6,9,18-20H2,1H3/t26-/m0/s1. The van der Waals surface area contributed by atoms with E-state index < -0.39 is 0 Å². The second kappa shape index (κ2) is 11.8. The lowest BCUT2D eigenvalue weighted by molar-refractivity contribution is 0.0505. The third-order valence-electron chi connectivity index (χ3n) is 6.56. The number of hydrogen-bond donors (Lipinski definition) is 0. The predicted molar refractivity (Wildman–Crippen MR) is 145 cm³/mol. The summed E-state index contributed by atoms with van der Waals surface area (Å²) in [6, 6.07) is 22.4. The molecule has 38 heavy (non-hydrogen) atoms. The number of ether oxygens (including phenoxy) is 2. The van der Waals surface area contributed by atoms with E-state index in [0.29, 0.717) is 41.8 Å². The van der Waals surface area contributed by atoms with Crippen LogP contribution in [0.2, 0.25) is 5.02 Å². The minimum absolute atomic E-state index is 0.0399. The molecular weight excluding hydrogens is 505 g/mol. The molecule has 0 spiro atoms. The smallest absolute Gasteiger partial charge is 0.254 e. The number of halogens is 2. The molecule has 1 aromatic heterocycles. The average molecular weight is 534 g/mol. The zero-order valence-corrected chi connectivity index (χ0v) is 21.9. The van der Waals surface area contributed by atoms with Crippen molar-refractivity contribution in [3.8, 4) is 17.3 Å². The average Bonchev–Trinajstić information content (AvgIpc) is 3.58. The molecule has 4 aromatic rings. The molecule has 196 valence electrons. The molecule has 2 heterocycles. The van der Waals surface area contributed by atoms with Crippen molar-refractivity contribution in [1.82, 2.24) is 14.7 Å². The van der Waals surface area contributed by atoms with Gasteiger partial charge < -0.3 is 14.4 Å². The lowest BCUT2D eigenvalue weighted by atomic mass is 10.1. The van der Waals surface area contributed by atoms with Gasteiger partial charge in [-0.15, -0.1) is 0 Å². The summed E-state index contributed by atoms with van der Waals surface area (Å²) in [6.45, 7) is 3.43. The van der Waals surface area contributed by atoms with Crippen LogP contribution in [0, 0.1) is 5.82 Å². The van der Waals surface area contributed by atoms with E-state index in [4.69, 9.17) is 26.2 Å². The van der Waals surface area contributed by atoms with Crippen LogP contribution in [-0.4, -0.2) is 39.8 Å². The van der Waals surface area contributed by atoms with E-state index in [9.17, 15) is 9.18 Å². The van der Waals surface area contributed by atoms with E-state index in [1.54, 1.807) is 46.0 Å². The van der Waals surface area contributed by atoms with Gasteiger partial charge in [-0.3, -0.25) is 4.79 Å². The van der Waals surface area contributed by atoms with Crippen LogP contribution in [0.5, 0.6) is 11.6 Å². The first kappa shape index (κ1) is 25.9. The molecule has 1 fully saturated rings. The SMILES string of the molecule is CCc1nn(-c2ccccc2)c(Oc2ccc(F)cc2)c1CN(C[C@@H]1CCCO1)C(=O)c1ccc(Cl)cc1. The summed E-state index contributed by atoms with van der Waals surface area (Å²) in [5.41, 5.74) is 2.97. The van der Waals surface area contributed by atoms with E-state index in [-0.39, 0.29) is 24.4 Å². The Balaban J connectivity index is 1.56. The Morgan fingerprint density at radius 2 is 1.84 bits per heavy atom. The summed E-state index contributed by atoms with van der Waals surface area (Å²) in [5, 5.41) is 5.44. The van der Waals surface area contributed by atoms with Gasteiger partial charge in [0.2, 0.25) is 5.88 Å². The van der Waals surface area contributed by atoms with Crippen LogP contribution in [0.1, 0.15) is 41.4 Å². The number of nitrogens with zero attached hydrogens (tertiary/aromatic N) is 3. The van der Waals surface area contributed by atoms with E-state index in [1.807, 2.05) is 37.3 Å². The number of aryl methyl sites for hydroxylation is 1. The lowest BCUT2D eigenvalue weighted by Gasteiger charge is -2.26. The molecule has 5 rings (SSSR count). The maximum Gasteiger partial charge on any atom is 0.254 e. The summed E-state index contributed by atoms with van der Waals surface area (Å²) in [7, 11) is 0. The van der Waals surface area contributed by atoms with Crippen molar-refractivity contribution in [3.63, 3.8) is 0 Å². The summed E-state index contributed by atoms with van der Waals surface area (Å²) >= 11 is 6.08. The van der Waals surface area contributed by atoms with Crippen molar-refractivity contribution in [1.29, 1.82) is 0 Å². The van der Waals surface area contributed by atoms with Gasteiger partial charge in [-0.05, 0) is 79.9 Å². The molecule has 3 aromatic carbocycles. The maximum atomic E-state index is 13.7. The lowest BCUT2D eigenvalue weighted by Crippen LogP contribution is -2.37. The van der Waals surface area contributed by atoms with Gasteiger partial charge in [-0.25, -0.2) is 9.07 Å². The summed E-state index contributed by atoms with van der Waals surface area (Å²) in [6.07, 6.45) is 2.46. The Labute approximate surface area is 226 Å². The van der Waals surface area contributed by atoms with Crippen LogP contribution in [-0.2, 0) is 17.7 Å². The van der Waals surface area contributed by atoms with Crippen LogP contribution in [0.4, 0.5) is 4.39 Å². The molecule has 1 saturated heterocycles. The quantitative estimate of drug-likeness (QED) is 0.236. The monoisotopic (exact) mass is 533 g/mol. The molecule has 0 unspecified atom stereocenters. The second-order valence-corrected chi connectivity index (χ2v) is 9.65. The van der Waals surface area contributed by atoms with Crippen molar-refractivity contribution in [2.45, 2.75) is 38.8 Å². The fourth-order valence-corrected chi connectivity index (χ4v) is 4.73. The zero-order chi connectivity index (χ0) is 26.5. The minimum Gasteiger partial charge on any atom is -0.439 e. The van der Waals surface area contributed by atoms with Crippen LogP contribution in [0.3, 0.4) is 0 Å². The minimum atomic E-state index is -0.348. The molecular formula is C30H29ClFN3O3. The summed E-state index contributed by atoms with van der Waals surface area (Å²) in [4.78, 5) is 15.5. The number of amides is 1. The van der Waals surface area contributed by atoms with Crippen molar-refractivity contribution in [2.24, 2.45) is 0 Å². The Morgan fingerprint density at radius 1 is 1.11 bits per heavy atom. The largest absolute Gasteiger partial charge is 0.439 e. The highest BCUT2D eigenvalue weighted by atomic mass is 35.5. The molecule has 1 atom stereocenters. The third-order valence-corrected chi connectivity index (χ3v) is 6.81. The van der Waals surface area contributed by atoms with Crippen molar-refractivity contribution < 1.29 is 18.7 Å². The maximum absolute atomic E-state index is 13.7. The molecule has 0 N–H and O–H groups in total. The molecule has 0 radical (unpaired) electrons. The number of benzene rings is 3. The Kier molecular flexibility index (Phi) is 8.05. The highest BCUT2D eigenvalue weighted by Gasteiger charge is 2.28. The van der Waals surface area contributed by atoms with Crippen molar-refractivity contribution in [3.05, 3.63) is 107 Å². The highest BCUT2D eigenvalue weighted by Crippen LogP contribution is 2.33. The third kappa shape index (κ3) is 5.90. The second-order valence-electron chi connectivity index (χ2n) is 9.21. The van der Waals surface area contributed by atoms with Crippen LogP contribution in [0.25, 0.3) is 5.69 Å². The molecule has 1 amide bonds. The van der Waals surface area contributed by atoms with Crippen LogP contribution in [0.15, 0.2) is 78.9 Å². The molecule has 0 saturated carbocycles. The molecule has 8 heteroatoms. The number of carbonyl (C=O) groups is 1. The van der Waals surface area contributed by atoms with E-state index in [2.05, 4.69) is 0 Å². The van der Waals surface area contributed by atoms with Gasteiger partial charge in [0.1, 0.15) is 11.6 Å². The Morgan fingerprint density at radius 3 is 2.50 bits per heavy atom. The Bertz CT molecular complexity index is 1370. The number of para-hydroxylation sites is 1. The summed E-state index contributed by atoms with van der Waals surface area (Å²) < 4.78 is 27.6. The fraction of sp³-hybridized carbons (Fsp3) is 0.267. The predicted octanol–water partition coefficient (Wildman–Crippen LogP) is 6.84. The van der Waals surface area contributed by atoms with E-state index >= 15 is 0 Å². The van der Waals surface area contributed by atoms with Gasteiger partial charge in [0.25, 0.3) is 5.91 Å². The molecule has 0 aliphatic carbocycles. The number of carbonyl (C=O) groups excluding carboxylic acids is 1. The normalized spacial score (nSPS) is 15.0. The molecule has 6 nitrogen and oxygen atoms in total. The Hall–Kier alpha value is -3.68. The van der Waals surface area contributed by atoms with E-state index in [1.165, 1.54) is 12.1 Å². The molecule has 1 aliphatic heterocycles. The van der Waals surface area contributed by atoms with Gasteiger partial charge in [-0.2, -0.15) is 5.10 Å². The molecule has 0 bridgehead atoms. The van der Waals surface area contributed by atoms with Gasteiger partial charge in [-0.1, -0.05) is 36.7 Å².